The average Bonchev–Trinajstić information content (AvgIpc) is 2.49. The van der Waals surface area contributed by atoms with E-state index < -0.39 is 11.7 Å². The van der Waals surface area contributed by atoms with Crippen molar-refractivity contribution in [3.8, 4) is 0 Å². The third kappa shape index (κ3) is 7.65. The van der Waals surface area contributed by atoms with E-state index in [1.807, 2.05) is 45.0 Å². The lowest BCUT2D eigenvalue weighted by molar-refractivity contribution is -0.142. The summed E-state index contributed by atoms with van der Waals surface area (Å²) in [5.41, 5.74) is 1.51. The minimum Gasteiger partial charge on any atom is -0.468 e. The molecule has 6 nitrogen and oxygen atoms in total. The molecule has 0 saturated heterocycles. The van der Waals surface area contributed by atoms with Gasteiger partial charge in [0, 0.05) is 13.1 Å². The molecule has 1 aromatic rings. The zero-order valence-electron chi connectivity index (χ0n) is 14.4. The molecule has 1 atom stereocenters. The molecule has 0 aliphatic rings. The Balaban J connectivity index is 2.42. The second-order valence-electron chi connectivity index (χ2n) is 6.30. The Morgan fingerprint density at radius 1 is 1.09 bits per heavy atom. The van der Waals surface area contributed by atoms with E-state index in [9.17, 15) is 9.59 Å². The number of methoxy groups -OCH3 is 1. The Labute approximate surface area is 137 Å². The SMILES string of the molecule is COC(=O)C(C)NCc1ccc(CNC(=O)OC(C)(C)C)cc1. The van der Waals surface area contributed by atoms with Gasteiger partial charge in [-0.2, -0.15) is 0 Å². The Kier molecular flexibility index (Phi) is 7.03. The third-order valence-corrected chi connectivity index (χ3v) is 3.03. The van der Waals surface area contributed by atoms with Crippen LogP contribution in [-0.2, 0) is 27.4 Å². The first kappa shape index (κ1) is 19.0. The van der Waals surface area contributed by atoms with E-state index >= 15 is 0 Å². The molecular weight excluding hydrogens is 296 g/mol. The number of carbonyl (C=O) groups excluding carboxylic acids is 2. The van der Waals surface area contributed by atoms with Crippen molar-refractivity contribution >= 4 is 12.1 Å². The first-order valence-corrected chi connectivity index (χ1v) is 7.57. The second-order valence-corrected chi connectivity index (χ2v) is 6.30. The van der Waals surface area contributed by atoms with E-state index in [1.165, 1.54) is 7.11 Å². The van der Waals surface area contributed by atoms with Crippen LogP contribution < -0.4 is 10.6 Å². The van der Waals surface area contributed by atoms with Crippen LogP contribution >= 0.6 is 0 Å². The number of alkyl carbamates (subject to hydrolysis) is 1. The summed E-state index contributed by atoms with van der Waals surface area (Å²) < 4.78 is 9.83. The highest BCUT2D eigenvalue weighted by atomic mass is 16.6. The molecule has 0 aliphatic carbocycles. The van der Waals surface area contributed by atoms with Crippen LogP contribution in [0, 0.1) is 0 Å². The fourth-order valence-corrected chi connectivity index (χ4v) is 1.79. The number of nitrogens with one attached hydrogen (secondary N) is 2. The standard InChI is InChI=1S/C17H26N2O4/c1-12(15(20)22-5)18-10-13-6-8-14(9-7-13)11-19-16(21)23-17(2,3)4/h6-9,12,18H,10-11H2,1-5H3,(H,19,21). The van der Waals surface area contributed by atoms with E-state index in [1.54, 1.807) is 6.92 Å². The summed E-state index contributed by atoms with van der Waals surface area (Å²) in [5.74, 6) is -0.289. The molecule has 2 N–H and O–H groups in total. The molecule has 0 saturated carbocycles. The van der Waals surface area contributed by atoms with Crippen LogP contribution in [0.2, 0.25) is 0 Å². The van der Waals surface area contributed by atoms with Crippen LogP contribution in [0.1, 0.15) is 38.8 Å². The molecule has 128 valence electrons. The van der Waals surface area contributed by atoms with Crippen molar-refractivity contribution < 1.29 is 19.1 Å². The molecule has 0 bridgehead atoms. The number of hydrogen-bond acceptors (Lipinski definition) is 5. The number of esters is 1. The molecule has 6 heteroatoms. The Morgan fingerprint density at radius 2 is 1.61 bits per heavy atom. The van der Waals surface area contributed by atoms with Crippen molar-refractivity contribution in [3.63, 3.8) is 0 Å². The molecule has 0 radical (unpaired) electrons. The summed E-state index contributed by atoms with van der Waals surface area (Å²) in [6.07, 6.45) is -0.435. The Morgan fingerprint density at radius 3 is 2.09 bits per heavy atom. The van der Waals surface area contributed by atoms with Gasteiger partial charge in [-0.25, -0.2) is 4.79 Å². The number of amides is 1. The monoisotopic (exact) mass is 322 g/mol. The zero-order chi connectivity index (χ0) is 17.5. The van der Waals surface area contributed by atoms with Crippen molar-refractivity contribution in [2.24, 2.45) is 0 Å². The van der Waals surface area contributed by atoms with Gasteiger partial charge in [-0.05, 0) is 38.8 Å². The first-order chi connectivity index (χ1) is 10.7. The van der Waals surface area contributed by atoms with Gasteiger partial charge < -0.3 is 20.1 Å². The molecule has 0 fully saturated rings. The van der Waals surface area contributed by atoms with Crippen molar-refractivity contribution in [2.75, 3.05) is 7.11 Å². The summed E-state index contributed by atoms with van der Waals surface area (Å²) in [5, 5.41) is 5.79. The fraction of sp³-hybridized carbons (Fsp3) is 0.529. The lowest BCUT2D eigenvalue weighted by atomic mass is 10.1. The molecule has 1 rings (SSSR count). The minimum atomic E-state index is -0.504. The predicted octanol–water partition coefficient (Wildman–Crippen LogP) is 2.36. The maximum Gasteiger partial charge on any atom is 0.407 e. The van der Waals surface area contributed by atoms with Gasteiger partial charge in [-0.1, -0.05) is 24.3 Å². The molecule has 1 unspecified atom stereocenters. The lowest BCUT2D eigenvalue weighted by Gasteiger charge is -2.19. The van der Waals surface area contributed by atoms with Crippen molar-refractivity contribution in [2.45, 2.75) is 52.4 Å². The van der Waals surface area contributed by atoms with E-state index in [-0.39, 0.29) is 12.0 Å². The Bertz CT molecular complexity index is 520. The maximum absolute atomic E-state index is 11.6. The zero-order valence-corrected chi connectivity index (χ0v) is 14.4. The largest absolute Gasteiger partial charge is 0.468 e. The van der Waals surface area contributed by atoms with Crippen LogP contribution in [-0.4, -0.2) is 30.8 Å². The van der Waals surface area contributed by atoms with Crippen LogP contribution in [0.25, 0.3) is 0 Å². The van der Waals surface area contributed by atoms with Crippen molar-refractivity contribution in [3.05, 3.63) is 35.4 Å². The summed E-state index contributed by atoms with van der Waals surface area (Å²) in [4.78, 5) is 22.9. The minimum absolute atomic E-state index is 0.289. The molecule has 0 heterocycles. The summed E-state index contributed by atoms with van der Waals surface area (Å²) >= 11 is 0. The molecule has 0 aliphatic heterocycles. The van der Waals surface area contributed by atoms with Gasteiger partial charge in [0.1, 0.15) is 11.6 Å². The van der Waals surface area contributed by atoms with E-state index in [0.717, 1.165) is 11.1 Å². The van der Waals surface area contributed by atoms with E-state index in [0.29, 0.717) is 13.1 Å². The number of rotatable bonds is 6. The number of hydrogen-bond donors (Lipinski definition) is 2. The van der Waals surface area contributed by atoms with Crippen molar-refractivity contribution in [1.82, 2.24) is 10.6 Å². The van der Waals surface area contributed by atoms with Gasteiger partial charge in [-0.3, -0.25) is 4.79 Å². The average molecular weight is 322 g/mol. The van der Waals surface area contributed by atoms with E-state index in [2.05, 4.69) is 15.4 Å². The molecular formula is C17H26N2O4. The van der Waals surface area contributed by atoms with Gasteiger partial charge in [-0.15, -0.1) is 0 Å². The summed E-state index contributed by atoms with van der Waals surface area (Å²) in [6.45, 7) is 8.19. The highest BCUT2D eigenvalue weighted by Crippen LogP contribution is 2.08. The number of ether oxygens (including phenoxy) is 2. The molecule has 0 aromatic heterocycles. The van der Waals surface area contributed by atoms with Gasteiger partial charge in [0.15, 0.2) is 0 Å². The van der Waals surface area contributed by atoms with Crippen molar-refractivity contribution in [1.29, 1.82) is 0 Å². The normalized spacial score (nSPS) is 12.4. The summed E-state index contributed by atoms with van der Waals surface area (Å²) in [6, 6.07) is 7.40. The van der Waals surface area contributed by atoms with Gasteiger partial charge in [0.2, 0.25) is 0 Å². The number of carbonyl (C=O) groups is 2. The van der Waals surface area contributed by atoms with Crippen LogP contribution in [0.15, 0.2) is 24.3 Å². The molecule has 0 spiro atoms. The van der Waals surface area contributed by atoms with Gasteiger partial charge >= 0.3 is 12.1 Å². The lowest BCUT2D eigenvalue weighted by Crippen LogP contribution is -2.34. The van der Waals surface area contributed by atoms with Gasteiger partial charge in [0.25, 0.3) is 0 Å². The molecule has 23 heavy (non-hydrogen) atoms. The third-order valence-electron chi connectivity index (χ3n) is 3.03. The maximum atomic E-state index is 11.6. The van der Waals surface area contributed by atoms with Crippen LogP contribution in [0.3, 0.4) is 0 Å². The molecule has 1 aromatic carbocycles. The highest BCUT2D eigenvalue weighted by molar-refractivity contribution is 5.75. The molecule has 1 amide bonds. The smallest absolute Gasteiger partial charge is 0.407 e. The second kappa shape index (κ2) is 8.53. The van der Waals surface area contributed by atoms with Crippen LogP contribution in [0.4, 0.5) is 4.79 Å². The Hall–Kier alpha value is -2.08. The number of benzene rings is 1. The van der Waals surface area contributed by atoms with Gasteiger partial charge in [0.05, 0.1) is 7.11 Å². The first-order valence-electron chi connectivity index (χ1n) is 7.57. The summed E-state index contributed by atoms with van der Waals surface area (Å²) in [7, 11) is 1.37. The highest BCUT2D eigenvalue weighted by Gasteiger charge is 2.15. The fourth-order valence-electron chi connectivity index (χ4n) is 1.79. The predicted molar refractivity (Wildman–Crippen MR) is 87.8 cm³/mol. The van der Waals surface area contributed by atoms with Crippen LogP contribution in [0.5, 0.6) is 0 Å². The van der Waals surface area contributed by atoms with E-state index in [4.69, 9.17) is 4.74 Å². The quantitative estimate of drug-likeness (QED) is 0.786. The topological polar surface area (TPSA) is 76.7 Å².